The Labute approximate surface area is 121 Å². The molecule has 3 rings (SSSR count). The summed E-state index contributed by atoms with van der Waals surface area (Å²) in [5.74, 6) is 1.51. The van der Waals surface area contributed by atoms with Crippen molar-refractivity contribution in [1.29, 1.82) is 0 Å². The zero-order valence-corrected chi connectivity index (χ0v) is 11.7. The largest absolute Gasteiger partial charge is 0.360 e. The van der Waals surface area contributed by atoms with Crippen molar-refractivity contribution in [2.24, 2.45) is 0 Å². The van der Waals surface area contributed by atoms with Gasteiger partial charge in [0.2, 0.25) is 0 Å². The van der Waals surface area contributed by atoms with E-state index in [1.54, 1.807) is 6.20 Å². The second-order valence-electron chi connectivity index (χ2n) is 4.27. The molecule has 2 heterocycles. The van der Waals surface area contributed by atoms with Gasteiger partial charge >= 0.3 is 0 Å². The Morgan fingerprint density at radius 3 is 2.60 bits per heavy atom. The maximum absolute atomic E-state index is 5.00. The first-order valence-corrected chi connectivity index (χ1v) is 7.00. The van der Waals surface area contributed by atoms with Crippen molar-refractivity contribution in [3.63, 3.8) is 0 Å². The standard InChI is InChI=1S/C15H13N3OS/c1-11-10-15(17-19-11)18-20-13-7-5-12(6-8-13)14-4-2-3-9-16-14/h2-10H,1H3,(H,17,18). The number of aromatic nitrogens is 2. The van der Waals surface area contributed by atoms with Crippen molar-refractivity contribution in [3.05, 3.63) is 60.5 Å². The van der Waals surface area contributed by atoms with Gasteiger partial charge in [-0.3, -0.25) is 4.98 Å². The zero-order valence-electron chi connectivity index (χ0n) is 10.9. The summed E-state index contributed by atoms with van der Waals surface area (Å²) >= 11 is 1.50. The predicted octanol–water partition coefficient (Wildman–Crippen LogP) is 4.16. The van der Waals surface area contributed by atoms with Crippen molar-refractivity contribution in [2.45, 2.75) is 11.8 Å². The molecule has 0 aliphatic rings. The third-order valence-corrected chi connectivity index (χ3v) is 3.54. The van der Waals surface area contributed by atoms with Gasteiger partial charge in [-0.05, 0) is 43.1 Å². The van der Waals surface area contributed by atoms with Crippen LogP contribution in [0, 0.1) is 6.92 Å². The first kappa shape index (κ1) is 12.7. The molecule has 3 aromatic rings. The highest BCUT2D eigenvalue weighted by Gasteiger charge is 2.02. The lowest BCUT2D eigenvalue weighted by atomic mass is 10.1. The molecule has 0 aliphatic heterocycles. The van der Waals surface area contributed by atoms with Gasteiger partial charge in [0.25, 0.3) is 0 Å². The fraction of sp³-hybridized carbons (Fsp3) is 0.0667. The highest BCUT2D eigenvalue weighted by Crippen LogP contribution is 2.24. The predicted molar refractivity (Wildman–Crippen MR) is 80.4 cm³/mol. The van der Waals surface area contributed by atoms with Crippen LogP contribution >= 0.6 is 11.9 Å². The lowest BCUT2D eigenvalue weighted by molar-refractivity contribution is 0.400. The van der Waals surface area contributed by atoms with Gasteiger partial charge in [-0.2, -0.15) is 0 Å². The number of pyridine rings is 1. The van der Waals surface area contributed by atoms with Gasteiger partial charge in [0.15, 0.2) is 5.82 Å². The Kier molecular flexibility index (Phi) is 3.69. The van der Waals surface area contributed by atoms with Crippen LogP contribution in [0.4, 0.5) is 5.82 Å². The maximum atomic E-state index is 5.00. The van der Waals surface area contributed by atoms with Crippen LogP contribution in [0.15, 0.2) is 64.1 Å². The molecule has 0 saturated carbocycles. The summed E-state index contributed by atoms with van der Waals surface area (Å²) in [7, 11) is 0. The number of hydrogen-bond acceptors (Lipinski definition) is 5. The molecule has 0 bridgehead atoms. The van der Waals surface area contributed by atoms with Crippen molar-refractivity contribution >= 4 is 17.8 Å². The molecule has 0 atom stereocenters. The molecule has 1 N–H and O–H groups in total. The molecule has 0 spiro atoms. The lowest BCUT2D eigenvalue weighted by Crippen LogP contribution is -1.86. The van der Waals surface area contributed by atoms with E-state index in [4.69, 9.17) is 4.52 Å². The van der Waals surface area contributed by atoms with Crippen molar-refractivity contribution in [1.82, 2.24) is 10.1 Å². The molecule has 100 valence electrons. The van der Waals surface area contributed by atoms with Gasteiger partial charge in [-0.25, -0.2) is 0 Å². The molecular weight excluding hydrogens is 270 g/mol. The van der Waals surface area contributed by atoms with Crippen LogP contribution in [-0.2, 0) is 0 Å². The molecule has 0 fully saturated rings. The summed E-state index contributed by atoms with van der Waals surface area (Å²) in [6.07, 6.45) is 1.80. The summed E-state index contributed by atoms with van der Waals surface area (Å²) in [6.45, 7) is 1.87. The maximum Gasteiger partial charge on any atom is 0.179 e. The third kappa shape index (κ3) is 3.00. The van der Waals surface area contributed by atoms with Crippen LogP contribution in [-0.4, -0.2) is 10.1 Å². The van der Waals surface area contributed by atoms with Crippen molar-refractivity contribution in [3.8, 4) is 11.3 Å². The quantitative estimate of drug-likeness (QED) is 0.728. The van der Waals surface area contributed by atoms with E-state index in [9.17, 15) is 0 Å². The minimum Gasteiger partial charge on any atom is -0.360 e. The zero-order chi connectivity index (χ0) is 13.8. The molecular formula is C15H13N3OS. The summed E-state index contributed by atoms with van der Waals surface area (Å²) in [5, 5.41) is 3.88. The topological polar surface area (TPSA) is 51.0 Å². The number of benzene rings is 1. The number of hydrogen-bond donors (Lipinski definition) is 1. The summed E-state index contributed by atoms with van der Waals surface area (Å²) in [4.78, 5) is 5.43. The molecule has 0 radical (unpaired) electrons. The van der Waals surface area contributed by atoms with Crippen LogP contribution in [0.25, 0.3) is 11.3 Å². The van der Waals surface area contributed by atoms with Gasteiger partial charge < -0.3 is 9.25 Å². The van der Waals surface area contributed by atoms with Crippen LogP contribution in [0.2, 0.25) is 0 Å². The molecule has 1 aromatic carbocycles. The van der Waals surface area contributed by atoms with E-state index in [2.05, 4.69) is 39.1 Å². The number of anilines is 1. The van der Waals surface area contributed by atoms with Crippen LogP contribution in [0.5, 0.6) is 0 Å². The Morgan fingerprint density at radius 2 is 1.95 bits per heavy atom. The average molecular weight is 283 g/mol. The van der Waals surface area contributed by atoms with Gasteiger partial charge in [0.1, 0.15) is 5.76 Å². The molecule has 0 aliphatic carbocycles. The molecule has 5 heteroatoms. The van der Waals surface area contributed by atoms with Crippen LogP contribution < -0.4 is 4.72 Å². The van der Waals surface area contributed by atoms with E-state index < -0.39 is 0 Å². The Hall–Kier alpha value is -2.27. The summed E-state index contributed by atoms with van der Waals surface area (Å²) in [6, 6.07) is 16.0. The normalized spacial score (nSPS) is 10.4. The molecule has 20 heavy (non-hydrogen) atoms. The summed E-state index contributed by atoms with van der Waals surface area (Å²) in [5.41, 5.74) is 2.08. The first-order chi connectivity index (χ1) is 9.81. The number of nitrogens with zero attached hydrogens (tertiary/aromatic N) is 2. The fourth-order valence-electron chi connectivity index (χ4n) is 1.75. The van der Waals surface area contributed by atoms with Gasteiger partial charge in [0, 0.05) is 22.7 Å². The van der Waals surface area contributed by atoms with E-state index in [1.165, 1.54) is 11.9 Å². The lowest BCUT2D eigenvalue weighted by Gasteiger charge is -2.03. The number of rotatable bonds is 4. The molecule has 0 amide bonds. The highest BCUT2D eigenvalue weighted by atomic mass is 32.2. The highest BCUT2D eigenvalue weighted by molar-refractivity contribution is 8.00. The molecule has 2 aromatic heterocycles. The Balaban J connectivity index is 1.67. The van der Waals surface area contributed by atoms with Crippen LogP contribution in [0.1, 0.15) is 5.76 Å². The summed E-state index contributed by atoms with van der Waals surface area (Å²) < 4.78 is 8.13. The fourth-order valence-corrected chi connectivity index (χ4v) is 2.34. The van der Waals surface area contributed by atoms with Gasteiger partial charge in [-0.15, -0.1) is 0 Å². The second-order valence-corrected chi connectivity index (χ2v) is 5.15. The average Bonchev–Trinajstić information content (AvgIpc) is 2.92. The van der Waals surface area contributed by atoms with Gasteiger partial charge in [0.05, 0.1) is 5.69 Å². The second kappa shape index (κ2) is 5.79. The number of nitrogens with one attached hydrogen (secondary N) is 1. The van der Waals surface area contributed by atoms with Gasteiger partial charge in [-0.1, -0.05) is 23.4 Å². The van der Waals surface area contributed by atoms with Crippen molar-refractivity contribution < 1.29 is 4.52 Å². The minimum atomic E-state index is 0.723. The van der Waals surface area contributed by atoms with E-state index in [1.807, 2.05) is 31.2 Å². The SMILES string of the molecule is Cc1cc(NSc2ccc(-c3ccccn3)cc2)no1. The van der Waals surface area contributed by atoms with E-state index in [-0.39, 0.29) is 0 Å². The molecule has 4 nitrogen and oxygen atoms in total. The minimum absolute atomic E-state index is 0.723. The van der Waals surface area contributed by atoms with E-state index in [0.717, 1.165) is 27.7 Å². The molecule has 0 saturated heterocycles. The van der Waals surface area contributed by atoms with Crippen molar-refractivity contribution in [2.75, 3.05) is 4.72 Å². The first-order valence-electron chi connectivity index (χ1n) is 6.19. The van der Waals surface area contributed by atoms with E-state index in [0.29, 0.717) is 0 Å². The Bertz CT molecular complexity index is 680. The Morgan fingerprint density at radius 1 is 1.10 bits per heavy atom. The van der Waals surface area contributed by atoms with E-state index >= 15 is 0 Å². The monoisotopic (exact) mass is 283 g/mol. The third-order valence-electron chi connectivity index (χ3n) is 2.72. The smallest absolute Gasteiger partial charge is 0.179 e. The number of aryl methyl sites for hydroxylation is 1. The van der Waals surface area contributed by atoms with Crippen LogP contribution in [0.3, 0.4) is 0 Å². The molecule has 0 unspecified atom stereocenters.